The molecule has 0 aromatic carbocycles. The van der Waals surface area contributed by atoms with Gasteiger partial charge < -0.3 is 9.84 Å². The van der Waals surface area contributed by atoms with Gasteiger partial charge in [0.25, 0.3) is 0 Å². The van der Waals surface area contributed by atoms with Gasteiger partial charge >= 0.3 is 5.97 Å². The van der Waals surface area contributed by atoms with Crippen molar-refractivity contribution < 1.29 is 14.6 Å². The Kier molecular flexibility index (Phi) is 1.65. The molecule has 1 unspecified atom stereocenters. The van der Waals surface area contributed by atoms with Gasteiger partial charge in [0.1, 0.15) is 5.60 Å². The van der Waals surface area contributed by atoms with Crippen molar-refractivity contribution in [3.63, 3.8) is 0 Å². The molecular formula is C9H14O3. The molecule has 68 valence electrons. The van der Waals surface area contributed by atoms with E-state index in [0.717, 1.165) is 19.3 Å². The van der Waals surface area contributed by atoms with Crippen molar-refractivity contribution in [2.24, 2.45) is 11.8 Å². The average Bonchev–Trinajstić information content (AvgIpc) is 2.58. The molecule has 2 aliphatic rings. The van der Waals surface area contributed by atoms with Gasteiger partial charge in [0.15, 0.2) is 0 Å². The van der Waals surface area contributed by atoms with E-state index in [0.29, 0.717) is 0 Å². The number of aliphatic hydroxyl groups is 1. The van der Waals surface area contributed by atoms with Crippen LogP contribution < -0.4 is 0 Å². The predicted octanol–water partition coefficient (Wildman–Crippen LogP) is 0.711. The molecule has 1 N–H and O–H groups in total. The van der Waals surface area contributed by atoms with Gasteiger partial charge in [-0.2, -0.15) is 0 Å². The van der Waals surface area contributed by atoms with E-state index >= 15 is 0 Å². The van der Waals surface area contributed by atoms with Gasteiger partial charge in [-0.3, -0.25) is 4.79 Å². The second kappa shape index (κ2) is 2.46. The molecule has 0 radical (unpaired) electrons. The van der Waals surface area contributed by atoms with Crippen LogP contribution in [0.25, 0.3) is 0 Å². The molecule has 3 nitrogen and oxygen atoms in total. The van der Waals surface area contributed by atoms with Crippen molar-refractivity contribution in [1.82, 2.24) is 0 Å². The summed E-state index contributed by atoms with van der Waals surface area (Å²) in [7, 11) is 0. The molecule has 0 aromatic rings. The largest absolute Gasteiger partial charge is 0.456 e. The van der Waals surface area contributed by atoms with Gasteiger partial charge in [-0.05, 0) is 19.8 Å². The number of carbonyl (C=O) groups is 1. The molecule has 1 saturated carbocycles. The number of aliphatic hydroxyl groups excluding tert-OH is 1. The SMILES string of the molecule is CC1(CO)OC(=O)[C@H]2CCC[C@H]21. The summed E-state index contributed by atoms with van der Waals surface area (Å²) < 4.78 is 5.18. The zero-order valence-electron chi connectivity index (χ0n) is 7.25. The second-order valence-electron chi connectivity index (χ2n) is 4.04. The maximum atomic E-state index is 11.3. The summed E-state index contributed by atoms with van der Waals surface area (Å²) in [6, 6.07) is 0. The highest BCUT2D eigenvalue weighted by Crippen LogP contribution is 2.46. The summed E-state index contributed by atoms with van der Waals surface area (Å²) in [5.41, 5.74) is -0.585. The number of rotatable bonds is 1. The molecule has 3 heteroatoms. The predicted molar refractivity (Wildman–Crippen MR) is 42.4 cm³/mol. The first-order valence-electron chi connectivity index (χ1n) is 4.51. The Morgan fingerprint density at radius 2 is 2.42 bits per heavy atom. The van der Waals surface area contributed by atoms with Crippen molar-refractivity contribution in [2.45, 2.75) is 31.8 Å². The van der Waals surface area contributed by atoms with Crippen molar-refractivity contribution >= 4 is 5.97 Å². The van der Waals surface area contributed by atoms with Crippen LogP contribution in [0.5, 0.6) is 0 Å². The van der Waals surface area contributed by atoms with Gasteiger partial charge in [0, 0.05) is 5.92 Å². The van der Waals surface area contributed by atoms with Crippen LogP contribution in [0.3, 0.4) is 0 Å². The van der Waals surface area contributed by atoms with E-state index in [-0.39, 0.29) is 24.4 Å². The molecular weight excluding hydrogens is 156 g/mol. The average molecular weight is 170 g/mol. The summed E-state index contributed by atoms with van der Waals surface area (Å²) in [6.45, 7) is 1.79. The summed E-state index contributed by atoms with van der Waals surface area (Å²) in [5, 5.41) is 9.11. The first kappa shape index (κ1) is 8.05. The molecule has 0 aromatic heterocycles. The third kappa shape index (κ3) is 0.891. The van der Waals surface area contributed by atoms with Gasteiger partial charge in [-0.1, -0.05) is 6.42 Å². The Morgan fingerprint density at radius 1 is 1.67 bits per heavy atom. The summed E-state index contributed by atoms with van der Waals surface area (Å²) in [6.07, 6.45) is 3.06. The minimum absolute atomic E-state index is 0.0418. The molecule has 0 spiro atoms. The number of ether oxygens (including phenoxy) is 1. The molecule has 1 heterocycles. The van der Waals surface area contributed by atoms with Crippen LogP contribution in [0.1, 0.15) is 26.2 Å². The summed E-state index contributed by atoms with van der Waals surface area (Å²) >= 11 is 0. The first-order valence-corrected chi connectivity index (χ1v) is 4.51. The molecule has 1 aliphatic carbocycles. The van der Waals surface area contributed by atoms with Crippen LogP contribution >= 0.6 is 0 Å². The Hall–Kier alpha value is -0.570. The first-order chi connectivity index (χ1) is 5.67. The number of cyclic esters (lactones) is 1. The fraction of sp³-hybridized carbons (Fsp3) is 0.889. The molecule has 2 rings (SSSR count). The Labute approximate surface area is 71.7 Å². The number of hydrogen-bond acceptors (Lipinski definition) is 3. The topological polar surface area (TPSA) is 46.5 Å². The molecule has 2 fully saturated rings. The van der Waals surface area contributed by atoms with Crippen LogP contribution in [0.15, 0.2) is 0 Å². The van der Waals surface area contributed by atoms with E-state index in [1.807, 2.05) is 6.92 Å². The highest BCUT2D eigenvalue weighted by Gasteiger charge is 2.54. The van der Waals surface area contributed by atoms with Gasteiger partial charge in [0.05, 0.1) is 12.5 Å². The minimum Gasteiger partial charge on any atom is -0.456 e. The van der Waals surface area contributed by atoms with Crippen LogP contribution in [-0.4, -0.2) is 23.3 Å². The van der Waals surface area contributed by atoms with Gasteiger partial charge in [-0.15, -0.1) is 0 Å². The zero-order chi connectivity index (χ0) is 8.77. The van der Waals surface area contributed by atoms with E-state index < -0.39 is 5.60 Å². The lowest BCUT2D eigenvalue weighted by Crippen LogP contribution is -2.36. The van der Waals surface area contributed by atoms with Crippen LogP contribution in [0, 0.1) is 11.8 Å². The van der Waals surface area contributed by atoms with Gasteiger partial charge in [0.2, 0.25) is 0 Å². The van der Waals surface area contributed by atoms with E-state index in [1.165, 1.54) is 0 Å². The smallest absolute Gasteiger partial charge is 0.310 e. The number of hydrogen-bond donors (Lipinski definition) is 1. The minimum atomic E-state index is -0.585. The molecule has 1 saturated heterocycles. The normalized spacial score (nSPS) is 46.0. The number of esters is 1. The molecule has 12 heavy (non-hydrogen) atoms. The lowest BCUT2D eigenvalue weighted by atomic mass is 9.85. The fourth-order valence-corrected chi connectivity index (χ4v) is 2.50. The second-order valence-corrected chi connectivity index (χ2v) is 4.04. The monoisotopic (exact) mass is 170 g/mol. The highest BCUT2D eigenvalue weighted by atomic mass is 16.6. The van der Waals surface area contributed by atoms with Crippen molar-refractivity contribution in [1.29, 1.82) is 0 Å². The van der Waals surface area contributed by atoms with E-state index in [4.69, 9.17) is 9.84 Å². The van der Waals surface area contributed by atoms with Crippen LogP contribution in [0.4, 0.5) is 0 Å². The van der Waals surface area contributed by atoms with Gasteiger partial charge in [-0.25, -0.2) is 0 Å². The standard InChI is InChI=1S/C9H14O3/c1-9(5-10)7-4-2-3-6(7)8(11)12-9/h6-7,10H,2-5H2,1H3/t6-,7+,9?/m0/s1. The maximum Gasteiger partial charge on any atom is 0.310 e. The third-order valence-electron chi connectivity index (χ3n) is 3.25. The van der Waals surface area contributed by atoms with Crippen molar-refractivity contribution in [3.05, 3.63) is 0 Å². The Morgan fingerprint density at radius 3 is 3.08 bits per heavy atom. The molecule has 0 amide bonds. The lowest BCUT2D eigenvalue weighted by Gasteiger charge is -2.25. The van der Waals surface area contributed by atoms with Crippen LogP contribution in [-0.2, 0) is 9.53 Å². The quantitative estimate of drug-likeness (QED) is 0.589. The number of fused-ring (bicyclic) bond motifs is 1. The third-order valence-corrected chi connectivity index (χ3v) is 3.25. The van der Waals surface area contributed by atoms with E-state index in [2.05, 4.69) is 0 Å². The molecule has 3 atom stereocenters. The summed E-state index contributed by atoms with van der Waals surface area (Å²) in [5.74, 6) is 0.228. The molecule has 1 aliphatic heterocycles. The summed E-state index contributed by atoms with van der Waals surface area (Å²) in [4.78, 5) is 11.3. The fourth-order valence-electron chi connectivity index (χ4n) is 2.50. The van der Waals surface area contributed by atoms with Crippen molar-refractivity contribution in [2.75, 3.05) is 6.61 Å². The van der Waals surface area contributed by atoms with E-state index in [9.17, 15) is 4.79 Å². The molecule has 0 bridgehead atoms. The Bertz CT molecular complexity index is 214. The van der Waals surface area contributed by atoms with Crippen LogP contribution in [0.2, 0.25) is 0 Å². The van der Waals surface area contributed by atoms with E-state index in [1.54, 1.807) is 0 Å². The number of carbonyl (C=O) groups excluding carboxylic acids is 1. The van der Waals surface area contributed by atoms with Crippen molar-refractivity contribution in [3.8, 4) is 0 Å². The highest BCUT2D eigenvalue weighted by molar-refractivity contribution is 5.76. The zero-order valence-corrected chi connectivity index (χ0v) is 7.25. The lowest BCUT2D eigenvalue weighted by molar-refractivity contribution is -0.153. The maximum absolute atomic E-state index is 11.3. The Balaban J connectivity index is 2.25.